The maximum absolute atomic E-state index is 13.2. The van der Waals surface area contributed by atoms with Crippen molar-refractivity contribution in [3.8, 4) is 5.75 Å². The quantitative estimate of drug-likeness (QED) is 0.828. The van der Waals surface area contributed by atoms with Gasteiger partial charge >= 0.3 is 0 Å². The first-order chi connectivity index (χ1) is 13.1. The Morgan fingerprint density at radius 1 is 1.26 bits per heavy atom. The zero-order valence-corrected chi connectivity index (χ0v) is 15.9. The van der Waals surface area contributed by atoms with Crippen LogP contribution in [0.25, 0.3) is 0 Å². The van der Waals surface area contributed by atoms with Crippen molar-refractivity contribution < 1.29 is 14.3 Å². The monoisotopic (exact) mass is 368 g/mol. The van der Waals surface area contributed by atoms with Gasteiger partial charge in [-0.3, -0.25) is 9.59 Å². The first kappa shape index (κ1) is 17.1. The fraction of sp³-hybridized carbons (Fsp3) is 0.636. The van der Waals surface area contributed by atoms with Gasteiger partial charge in [0.2, 0.25) is 5.91 Å². The molecule has 0 unspecified atom stereocenters. The van der Waals surface area contributed by atoms with Gasteiger partial charge in [0.1, 0.15) is 5.75 Å². The fourth-order valence-electron chi connectivity index (χ4n) is 5.89. The van der Waals surface area contributed by atoms with E-state index in [0.717, 1.165) is 45.2 Å². The van der Waals surface area contributed by atoms with E-state index >= 15 is 0 Å². The molecule has 1 N–H and O–H groups in total. The number of likely N-dealkylation sites (tertiary alicyclic amines) is 1. The number of nitrogens with one attached hydrogen (secondary N) is 1. The van der Waals surface area contributed by atoms with E-state index < -0.39 is 5.72 Å². The molecule has 1 aromatic rings. The molecule has 6 rings (SSSR count). The predicted molar refractivity (Wildman–Crippen MR) is 101 cm³/mol. The minimum Gasteiger partial charge on any atom is -0.467 e. The van der Waals surface area contributed by atoms with Crippen molar-refractivity contribution in [2.75, 3.05) is 13.1 Å². The van der Waals surface area contributed by atoms with Gasteiger partial charge in [0.25, 0.3) is 5.91 Å². The van der Waals surface area contributed by atoms with E-state index in [9.17, 15) is 9.59 Å². The van der Waals surface area contributed by atoms with Crippen LogP contribution in [0.15, 0.2) is 24.3 Å². The molecule has 5 heteroatoms. The topological polar surface area (TPSA) is 58.6 Å². The largest absolute Gasteiger partial charge is 0.467 e. The van der Waals surface area contributed by atoms with Gasteiger partial charge in [-0.05, 0) is 56.1 Å². The van der Waals surface area contributed by atoms with Gasteiger partial charge in [0.05, 0.1) is 5.56 Å². The second-order valence-electron chi connectivity index (χ2n) is 9.05. The van der Waals surface area contributed by atoms with Crippen LogP contribution in [0.1, 0.15) is 55.8 Å². The summed E-state index contributed by atoms with van der Waals surface area (Å²) in [4.78, 5) is 28.0. The van der Waals surface area contributed by atoms with E-state index in [0.29, 0.717) is 29.1 Å². The van der Waals surface area contributed by atoms with Crippen LogP contribution in [0.3, 0.4) is 0 Å². The van der Waals surface area contributed by atoms with Crippen molar-refractivity contribution in [3.05, 3.63) is 29.8 Å². The zero-order chi connectivity index (χ0) is 18.6. The van der Waals surface area contributed by atoms with Gasteiger partial charge < -0.3 is 15.0 Å². The van der Waals surface area contributed by atoms with Crippen molar-refractivity contribution in [2.24, 2.45) is 23.7 Å². The highest BCUT2D eigenvalue weighted by Gasteiger charge is 2.57. The van der Waals surface area contributed by atoms with Crippen molar-refractivity contribution >= 4 is 11.8 Å². The molecule has 2 bridgehead atoms. The van der Waals surface area contributed by atoms with Crippen LogP contribution < -0.4 is 10.1 Å². The Morgan fingerprint density at radius 3 is 2.89 bits per heavy atom. The summed E-state index contributed by atoms with van der Waals surface area (Å²) in [5, 5.41) is 3.18. The van der Waals surface area contributed by atoms with E-state index in [1.807, 2.05) is 24.3 Å². The van der Waals surface area contributed by atoms with Gasteiger partial charge in [-0.2, -0.15) is 0 Å². The van der Waals surface area contributed by atoms with Crippen molar-refractivity contribution in [3.63, 3.8) is 0 Å². The number of rotatable bonds is 1. The molecule has 144 valence electrons. The Hall–Kier alpha value is -2.04. The number of para-hydroxylation sites is 1. The van der Waals surface area contributed by atoms with Crippen LogP contribution in [-0.2, 0) is 4.79 Å². The van der Waals surface area contributed by atoms with E-state index in [1.54, 1.807) is 0 Å². The van der Waals surface area contributed by atoms with Crippen LogP contribution in [-0.4, -0.2) is 35.5 Å². The SMILES string of the molecule is C[C@@H]1CCCN(C(=O)[C@H]2C[C@H]3CC[C@H]2C[C@@]32NC(=O)c3ccccc3O2)C1. The minimum atomic E-state index is -0.625. The summed E-state index contributed by atoms with van der Waals surface area (Å²) in [5.74, 6) is 2.18. The number of fused-ring (bicyclic) bond motifs is 3. The van der Waals surface area contributed by atoms with Gasteiger partial charge in [-0.25, -0.2) is 0 Å². The smallest absolute Gasteiger partial charge is 0.258 e. The van der Waals surface area contributed by atoms with Crippen molar-refractivity contribution in [1.82, 2.24) is 10.2 Å². The molecule has 1 spiro atoms. The van der Waals surface area contributed by atoms with Crippen molar-refractivity contribution in [1.29, 1.82) is 0 Å². The van der Waals surface area contributed by atoms with E-state index in [-0.39, 0.29) is 17.7 Å². The van der Waals surface area contributed by atoms with E-state index in [2.05, 4.69) is 17.1 Å². The minimum absolute atomic E-state index is 0.0443. The highest BCUT2D eigenvalue weighted by molar-refractivity contribution is 5.98. The van der Waals surface area contributed by atoms with Crippen LogP contribution in [0.5, 0.6) is 5.75 Å². The van der Waals surface area contributed by atoms with Crippen LogP contribution >= 0.6 is 0 Å². The van der Waals surface area contributed by atoms with Crippen molar-refractivity contribution in [2.45, 2.75) is 51.2 Å². The highest BCUT2D eigenvalue weighted by Crippen LogP contribution is 2.52. The number of amides is 2. The van der Waals surface area contributed by atoms with Gasteiger partial charge in [0, 0.05) is 31.3 Å². The van der Waals surface area contributed by atoms with Crippen LogP contribution in [0.4, 0.5) is 0 Å². The van der Waals surface area contributed by atoms with Crippen LogP contribution in [0.2, 0.25) is 0 Å². The number of ether oxygens (including phenoxy) is 1. The van der Waals surface area contributed by atoms with E-state index in [1.165, 1.54) is 6.42 Å². The number of benzene rings is 1. The standard InChI is InChI=1S/C22H28N2O3/c1-14-5-4-10-24(13-14)21(26)18-11-16-9-8-15(18)12-22(16)23-20(25)17-6-2-3-7-19(17)27-22/h2-3,6-7,14-16,18H,4-5,8-13H2,1H3,(H,23,25)/t14-,15+,16-,18+,22+/m1/s1. The molecule has 2 heterocycles. The highest BCUT2D eigenvalue weighted by atomic mass is 16.5. The Bertz CT molecular complexity index is 779. The molecule has 5 nitrogen and oxygen atoms in total. The maximum atomic E-state index is 13.2. The first-order valence-electron chi connectivity index (χ1n) is 10.4. The van der Waals surface area contributed by atoms with Gasteiger partial charge in [-0.15, -0.1) is 0 Å². The molecule has 5 atom stereocenters. The third-order valence-corrected chi connectivity index (χ3v) is 7.25. The second-order valence-corrected chi connectivity index (χ2v) is 9.05. The Balaban J connectivity index is 1.36. The number of hydrogen-bond acceptors (Lipinski definition) is 3. The van der Waals surface area contributed by atoms with E-state index in [4.69, 9.17) is 4.74 Å². The summed E-state index contributed by atoms with van der Waals surface area (Å²) in [5.41, 5.74) is -0.0140. The molecule has 1 saturated heterocycles. The normalized spacial score (nSPS) is 37.5. The summed E-state index contributed by atoms with van der Waals surface area (Å²) in [7, 11) is 0. The molecule has 3 aliphatic carbocycles. The second kappa shape index (κ2) is 6.25. The average molecular weight is 368 g/mol. The molecule has 4 fully saturated rings. The number of nitrogens with zero attached hydrogens (tertiary/aromatic N) is 1. The lowest BCUT2D eigenvalue weighted by Crippen LogP contribution is -2.67. The third kappa shape index (κ3) is 2.74. The summed E-state index contributed by atoms with van der Waals surface area (Å²) in [6.07, 6.45) is 6.01. The molecule has 2 amide bonds. The first-order valence-corrected chi connectivity index (χ1v) is 10.4. The molecule has 2 aliphatic heterocycles. The molecule has 3 saturated carbocycles. The molecular formula is C22H28N2O3. The number of piperidine rings is 1. The van der Waals surface area contributed by atoms with Crippen LogP contribution in [0, 0.1) is 23.7 Å². The average Bonchev–Trinajstić information content (AvgIpc) is 2.68. The third-order valence-electron chi connectivity index (χ3n) is 7.25. The molecule has 5 aliphatic rings. The molecular weight excluding hydrogens is 340 g/mol. The lowest BCUT2D eigenvalue weighted by molar-refractivity contribution is -0.156. The summed E-state index contributed by atoms with van der Waals surface area (Å²) >= 11 is 0. The molecule has 27 heavy (non-hydrogen) atoms. The molecule has 0 radical (unpaired) electrons. The molecule has 0 aromatic heterocycles. The maximum Gasteiger partial charge on any atom is 0.258 e. The number of carbonyl (C=O) groups excluding carboxylic acids is 2. The summed E-state index contributed by atoms with van der Waals surface area (Å²) in [6, 6.07) is 7.47. The van der Waals surface area contributed by atoms with Gasteiger partial charge in [0.15, 0.2) is 5.72 Å². The summed E-state index contributed by atoms with van der Waals surface area (Å²) in [6.45, 7) is 4.05. The number of carbonyl (C=O) groups is 2. The number of hydrogen-bond donors (Lipinski definition) is 1. The fourth-order valence-corrected chi connectivity index (χ4v) is 5.89. The Morgan fingerprint density at radius 2 is 2.11 bits per heavy atom. The Labute approximate surface area is 160 Å². The summed E-state index contributed by atoms with van der Waals surface area (Å²) < 4.78 is 6.40. The van der Waals surface area contributed by atoms with Gasteiger partial charge in [-0.1, -0.05) is 19.1 Å². The molecule has 1 aromatic carbocycles. The lowest BCUT2D eigenvalue weighted by atomic mass is 9.59. The lowest BCUT2D eigenvalue weighted by Gasteiger charge is -2.55. The zero-order valence-electron chi connectivity index (χ0n) is 15.9. The predicted octanol–water partition coefficient (Wildman–Crippen LogP) is 3.20. The Kier molecular flexibility index (Phi) is 3.95.